The van der Waals surface area contributed by atoms with Crippen molar-refractivity contribution in [1.29, 1.82) is 0 Å². The van der Waals surface area contributed by atoms with Crippen LogP contribution in [0.3, 0.4) is 0 Å². The van der Waals surface area contributed by atoms with Crippen molar-refractivity contribution in [3.8, 4) is 56.4 Å². The van der Waals surface area contributed by atoms with E-state index in [-0.39, 0.29) is 0 Å². The summed E-state index contributed by atoms with van der Waals surface area (Å²) >= 11 is 0. The molecular formula is C78H48F7NO2. The summed E-state index contributed by atoms with van der Waals surface area (Å²) in [6, 6.07) is 71.0. The summed E-state index contributed by atoms with van der Waals surface area (Å²) in [7, 11) is 0. The maximum absolute atomic E-state index is 17.3. The number of nitrogens with zero attached hydrogens (tertiary/aromatic N) is 1. The Hall–Kier alpha value is -11.0. The Morgan fingerprint density at radius 3 is 1.01 bits per heavy atom. The highest BCUT2D eigenvalue weighted by Gasteiger charge is 2.52. The normalized spacial score (nSPS) is 15.2. The van der Waals surface area contributed by atoms with E-state index in [9.17, 15) is 4.39 Å². The minimum Gasteiger partial charge on any atom is -0.457 e. The first kappa shape index (κ1) is 54.9. The molecule has 0 N–H and O–H groups in total. The van der Waals surface area contributed by atoms with Crippen molar-refractivity contribution in [3.63, 3.8) is 0 Å². The molecule has 2 aliphatic carbocycles. The van der Waals surface area contributed by atoms with Crippen LogP contribution in [0, 0.1) is 40.7 Å². The summed E-state index contributed by atoms with van der Waals surface area (Å²) in [5.41, 5.74) is 5.97. The molecule has 2 atom stereocenters. The van der Waals surface area contributed by atoms with Crippen LogP contribution in [0.15, 0.2) is 268 Å². The van der Waals surface area contributed by atoms with Gasteiger partial charge in [0.25, 0.3) is 0 Å². The van der Waals surface area contributed by atoms with E-state index in [1.807, 2.05) is 126 Å². The van der Waals surface area contributed by atoms with Gasteiger partial charge in [-0.1, -0.05) is 159 Å². The molecule has 0 heterocycles. The number of hydrogen-bond acceptors (Lipinski definition) is 3. The zero-order valence-corrected chi connectivity index (χ0v) is 46.7. The van der Waals surface area contributed by atoms with Crippen molar-refractivity contribution in [2.24, 2.45) is 0 Å². The maximum atomic E-state index is 17.3. The summed E-state index contributed by atoms with van der Waals surface area (Å²) in [5.74, 6) is -5.06. The Morgan fingerprint density at radius 1 is 0.307 bits per heavy atom. The molecule has 0 amide bonds. The number of anilines is 3. The van der Waals surface area contributed by atoms with Crippen molar-refractivity contribution < 1.29 is 40.2 Å². The molecular weight excluding hydrogens is 1120 g/mol. The minimum atomic E-state index is -1.77. The largest absolute Gasteiger partial charge is 0.457 e. The van der Waals surface area contributed by atoms with Crippen molar-refractivity contribution in [1.82, 2.24) is 0 Å². The third-order valence-electron chi connectivity index (χ3n) is 16.9. The Bertz CT molecular complexity index is 4420. The summed E-state index contributed by atoms with van der Waals surface area (Å²) in [5, 5.41) is 0. The second-order valence-electron chi connectivity index (χ2n) is 21.7. The van der Waals surface area contributed by atoms with E-state index in [0.29, 0.717) is 120 Å². The lowest BCUT2D eigenvalue weighted by Crippen LogP contribution is -2.32. The van der Waals surface area contributed by atoms with Crippen LogP contribution >= 0.6 is 0 Å². The highest BCUT2D eigenvalue weighted by Crippen LogP contribution is 2.61. The zero-order chi connectivity index (χ0) is 60.4. The van der Waals surface area contributed by atoms with Gasteiger partial charge in [0.05, 0.1) is 10.8 Å². The van der Waals surface area contributed by atoms with Crippen LogP contribution in [0.1, 0.15) is 55.6 Å². The highest BCUT2D eigenvalue weighted by atomic mass is 19.2. The van der Waals surface area contributed by atoms with Gasteiger partial charge in [0, 0.05) is 52.5 Å². The molecule has 0 saturated carbocycles. The molecule has 2 aliphatic rings. The van der Waals surface area contributed by atoms with Gasteiger partial charge in [0.2, 0.25) is 0 Å². The fourth-order valence-electron chi connectivity index (χ4n) is 13.1. The maximum Gasteiger partial charge on any atom is 0.133 e. The molecule has 2 unspecified atom stereocenters. The Morgan fingerprint density at radius 2 is 0.636 bits per heavy atom. The van der Waals surface area contributed by atoms with Crippen LogP contribution in [0.4, 0.5) is 47.8 Å². The molecule has 14 rings (SSSR count). The van der Waals surface area contributed by atoms with E-state index >= 15 is 26.3 Å². The second kappa shape index (κ2) is 21.8. The fraction of sp³-hybridized carbons (Fsp3) is 0.0256. The van der Waals surface area contributed by atoms with Gasteiger partial charge in [-0.3, -0.25) is 0 Å². The molecule has 0 aliphatic heterocycles. The molecule has 0 fully saturated rings. The number of hydrogen-bond donors (Lipinski definition) is 0. The summed E-state index contributed by atoms with van der Waals surface area (Å²) in [6.45, 7) is 7.67. The van der Waals surface area contributed by atoms with Crippen LogP contribution in [-0.2, 0) is 10.8 Å². The Kier molecular flexibility index (Phi) is 13.6. The summed E-state index contributed by atoms with van der Waals surface area (Å²) < 4.78 is 127. The van der Waals surface area contributed by atoms with Gasteiger partial charge >= 0.3 is 0 Å². The lowest BCUT2D eigenvalue weighted by molar-refractivity contribution is 0.481. The lowest BCUT2D eigenvalue weighted by Gasteiger charge is -2.36. The van der Waals surface area contributed by atoms with Crippen molar-refractivity contribution >= 4 is 29.2 Å². The van der Waals surface area contributed by atoms with E-state index in [1.54, 1.807) is 109 Å². The SMILES string of the molecule is C=Cc1ccc(Oc2ccc(C3(c4c(F)cc(F)cc4F)c4ccccc4-c4ccc(N(c5ccc(-c6ccc(F)cc6)cc5)c5ccc6c(c5)C(c5ccc(Oc7ccc(C=C)cc7)cc5)(c5c(F)cc(F)cc5F)c5ccccc5-6)cc43)cc2)cc1. The molecule has 12 aromatic rings. The van der Waals surface area contributed by atoms with Gasteiger partial charge in [-0.05, 0) is 175 Å². The predicted octanol–water partition coefficient (Wildman–Crippen LogP) is 21.4. The molecule has 0 bridgehead atoms. The first-order chi connectivity index (χ1) is 42.8. The van der Waals surface area contributed by atoms with Gasteiger partial charge in [-0.15, -0.1) is 0 Å². The van der Waals surface area contributed by atoms with Gasteiger partial charge in [-0.25, -0.2) is 30.7 Å². The molecule has 3 nitrogen and oxygen atoms in total. The second-order valence-corrected chi connectivity index (χ2v) is 21.7. The molecule has 0 radical (unpaired) electrons. The van der Waals surface area contributed by atoms with Crippen molar-refractivity contribution in [3.05, 3.63) is 364 Å². The van der Waals surface area contributed by atoms with Gasteiger partial charge < -0.3 is 14.4 Å². The van der Waals surface area contributed by atoms with Crippen LogP contribution in [0.5, 0.6) is 23.0 Å². The van der Waals surface area contributed by atoms with Gasteiger partial charge in [0.1, 0.15) is 63.7 Å². The quantitative estimate of drug-likeness (QED) is 0.101. The molecule has 10 heteroatoms. The first-order valence-electron chi connectivity index (χ1n) is 28.3. The third-order valence-corrected chi connectivity index (χ3v) is 16.9. The molecule has 0 saturated heterocycles. The van der Waals surface area contributed by atoms with Crippen LogP contribution in [0.2, 0.25) is 0 Å². The standard InChI is InChI=1S/C78H48F7NO2/c1-3-47-13-31-59(32-14-47)87-61-35-21-51(22-36-61)77(75-71(82)41-54(80)42-72(75)83)67-11-7-5-9-63(67)65-39-29-57(45-69(65)77)86(56-27-19-50(20-28-56)49-17-25-53(79)26-18-49)58-30-40-66-64-10-6-8-12-68(64)78(70(66)46-58,76-73(84)43-55(81)44-74(76)85)52-23-37-62(38-24-52)88-60-33-15-48(4-2)16-34-60/h3-46H,1-2H2. The molecule has 0 aromatic heterocycles. The average Bonchev–Trinajstić information content (AvgIpc) is 1.53. The Balaban J connectivity index is 1.00. The fourth-order valence-corrected chi connectivity index (χ4v) is 13.1. The van der Waals surface area contributed by atoms with E-state index in [2.05, 4.69) is 13.2 Å². The Labute approximate surface area is 503 Å². The molecule has 12 aromatic carbocycles. The highest BCUT2D eigenvalue weighted by molar-refractivity contribution is 5.93. The number of ether oxygens (including phenoxy) is 2. The van der Waals surface area contributed by atoms with Crippen LogP contribution < -0.4 is 14.4 Å². The van der Waals surface area contributed by atoms with Crippen molar-refractivity contribution in [2.75, 3.05) is 4.90 Å². The number of rotatable bonds is 14. The summed E-state index contributed by atoms with van der Waals surface area (Å²) in [4.78, 5) is 1.94. The smallest absolute Gasteiger partial charge is 0.133 e. The van der Waals surface area contributed by atoms with E-state index in [1.165, 1.54) is 12.1 Å². The van der Waals surface area contributed by atoms with Gasteiger partial charge in [-0.2, -0.15) is 0 Å². The number of fused-ring (bicyclic) bond motifs is 6. The van der Waals surface area contributed by atoms with E-state index < -0.39 is 62.7 Å². The van der Waals surface area contributed by atoms with Crippen LogP contribution in [-0.4, -0.2) is 0 Å². The van der Waals surface area contributed by atoms with Gasteiger partial charge in [0.15, 0.2) is 0 Å². The third kappa shape index (κ3) is 9.06. The van der Waals surface area contributed by atoms with Crippen LogP contribution in [0.25, 0.3) is 45.5 Å². The topological polar surface area (TPSA) is 21.7 Å². The molecule has 0 spiro atoms. The monoisotopic (exact) mass is 1160 g/mol. The summed E-state index contributed by atoms with van der Waals surface area (Å²) in [6.07, 6.45) is 3.44. The zero-order valence-electron chi connectivity index (χ0n) is 46.7. The predicted molar refractivity (Wildman–Crippen MR) is 334 cm³/mol. The first-order valence-corrected chi connectivity index (χ1v) is 28.3. The van der Waals surface area contributed by atoms with E-state index in [4.69, 9.17) is 9.47 Å². The minimum absolute atomic E-state index is 0.393. The van der Waals surface area contributed by atoms with Crippen molar-refractivity contribution in [2.45, 2.75) is 10.8 Å². The lowest BCUT2D eigenvalue weighted by atomic mass is 9.67. The molecule has 88 heavy (non-hydrogen) atoms. The van der Waals surface area contributed by atoms with E-state index in [0.717, 1.165) is 22.3 Å². The number of halogens is 7. The molecule has 426 valence electrons. The number of benzene rings is 12. The average molecular weight is 1160 g/mol.